The number of esters is 1. The van der Waals surface area contributed by atoms with Crippen molar-refractivity contribution >= 4 is 11.8 Å². The molecular formula is C13H23NO4. The first-order valence-electron chi connectivity index (χ1n) is 6.42. The van der Waals surface area contributed by atoms with Crippen molar-refractivity contribution in [3.05, 3.63) is 0 Å². The van der Waals surface area contributed by atoms with Crippen LogP contribution in [0.1, 0.15) is 27.7 Å². The topological polar surface area (TPSA) is 55.8 Å². The Morgan fingerprint density at radius 2 is 2.11 bits per heavy atom. The minimum atomic E-state index is -1.07. The van der Waals surface area contributed by atoms with E-state index >= 15 is 0 Å². The third-order valence-corrected chi connectivity index (χ3v) is 3.18. The maximum Gasteiger partial charge on any atom is 0.319 e. The van der Waals surface area contributed by atoms with Crippen LogP contribution in [0.25, 0.3) is 0 Å². The lowest BCUT2D eigenvalue weighted by Gasteiger charge is -2.32. The first-order chi connectivity index (χ1) is 8.37. The molecule has 0 aromatic carbocycles. The van der Waals surface area contributed by atoms with Crippen LogP contribution in [0.5, 0.6) is 0 Å². The van der Waals surface area contributed by atoms with Crippen LogP contribution in [-0.4, -0.2) is 55.6 Å². The predicted molar refractivity (Wildman–Crippen MR) is 67.3 cm³/mol. The van der Waals surface area contributed by atoms with E-state index < -0.39 is 11.4 Å². The molecule has 0 radical (unpaired) electrons. The number of carbonyl (C=O) groups is 2. The van der Waals surface area contributed by atoms with Crippen molar-refractivity contribution in [3.63, 3.8) is 0 Å². The molecule has 1 unspecified atom stereocenters. The van der Waals surface area contributed by atoms with E-state index in [4.69, 9.17) is 9.47 Å². The number of carbonyl (C=O) groups excluding carboxylic acids is 2. The summed E-state index contributed by atoms with van der Waals surface area (Å²) in [5.41, 5.74) is -1.07. The normalized spacial score (nSPS) is 21.7. The SMILES string of the molecule is CCOC(=O)C(C)(C)C(=O)CN1CCOC(C)C1. The molecule has 0 saturated carbocycles. The molecule has 5 nitrogen and oxygen atoms in total. The third-order valence-electron chi connectivity index (χ3n) is 3.18. The van der Waals surface area contributed by atoms with E-state index in [-0.39, 0.29) is 18.4 Å². The van der Waals surface area contributed by atoms with Gasteiger partial charge in [-0.25, -0.2) is 0 Å². The van der Waals surface area contributed by atoms with Crippen LogP contribution in [0.3, 0.4) is 0 Å². The number of nitrogens with zero attached hydrogens (tertiary/aromatic N) is 1. The highest BCUT2D eigenvalue weighted by molar-refractivity contribution is 6.03. The fourth-order valence-electron chi connectivity index (χ4n) is 1.86. The predicted octanol–water partition coefficient (Wildman–Crippen LogP) is 0.865. The van der Waals surface area contributed by atoms with Gasteiger partial charge in [0.25, 0.3) is 0 Å². The number of hydrogen-bond donors (Lipinski definition) is 0. The molecule has 0 bridgehead atoms. The van der Waals surface area contributed by atoms with Crippen LogP contribution < -0.4 is 0 Å². The molecule has 18 heavy (non-hydrogen) atoms. The summed E-state index contributed by atoms with van der Waals surface area (Å²) in [7, 11) is 0. The minimum Gasteiger partial charge on any atom is -0.465 e. The standard InChI is InChI=1S/C13H23NO4/c1-5-17-12(16)13(3,4)11(15)9-14-6-7-18-10(2)8-14/h10H,5-9H2,1-4H3. The largest absolute Gasteiger partial charge is 0.465 e. The van der Waals surface area contributed by atoms with Crippen molar-refractivity contribution < 1.29 is 19.1 Å². The van der Waals surface area contributed by atoms with Gasteiger partial charge >= 0.3 is 5.97 Å². The molecule has 0 aromatic rings. The van der Waals surface area contributed by atoms with E-state index in [0.29, 0.717) is 13.2 Å². The van der Waals surface area contributed by atoms with Crippen molar-refractivity contribution in [2.45, 2.75) is 33.8 Å². The molecule has 0 spiro atoms. The second-order valence-electron chi connectivity index (χ2n) is 5.19. The van der Waals surface area contributed by atoms with Gasteiger partial charge in [0, 0.05) is 13.1 Å². The Bertz CT molecular complexity index is 314. The zero-order valence-electron chi connectivity index (χ0n) is 11.7. The Labute approximate surface area is 108 Å². The van der Waals surface area contributed by atoms with Gasteiger partial charge in [0.15, 0.2) is 5.78 Å². The summed E-state index contributed by atoms with van der Waals surface area (Å²) in [4.78, 5) is 25.9. The summed E-state index contributed by atoms with van der Waals surface area (Å²) >= 11 is 0. The van der Waals surface area contributed by atoms with Crippen LogP contribution in [0.15, 0.2) is 0 Å². The van der Waals surface area contributed by atoms with Gasteiger partial charge in [-0.15, -0.1) is 0 Å². The zero-order valence-corrected chi connectivity index (χ0v) is 11.7. The van der Waals surface area contributed by atoms with Crippen LogP contribution in [0.2, 0.25) is 0 Å². The second kappa shape index (κ2) is 6.29. The number of ether oxygens (including phenoxy) is 2. The van der Waals surface area contributed by atoms with Crippen LogP contribution in [-0.2, 0) is 19.1 Å². The lowest BCUT2D eigenvalue weighted by molar-refractivity contribution is -0.158. The van der Waals surface area contributed by atoms with Crippen LogP contribution in [0, 0.1) is 5.41 Å². The van der Waals surface area contributed by atoms with Gasteiger partial charge in [-0.05, 0) is 27.7 Å². The molecule has 104 valence electrons. The zero-order chi connectivity index (χ0) is 13.8. The number of hydrogen-bond acceptors (Lipinski definition) is 5. The van der Waals surface area contributed by atoms with Gasteiger partial charge in [0.05, 0.1) is 25.9 Å². The van der Waals surface area contributed by atoms with Gasteiger partial charge in [0.1, 0.15) is 5.41 Å². The van der Waals surface area contributed by atoms with E-state index in [1.165, 1.54) is 0 Å². The van der Waals surface area contributed by atoms with Crippen molar-refractivity contribution in [1.82, 2.24) is 4.90 Å². The van der Waals surface area contributed by atoms with Crippen molar-refractivity contribution in [2.75, 3.05) is 32.8 Å². The summed E-state index contributed by atoms with van der Waals surface area (Å²) in [6, 6.07) is 0. The molecule has 1 heterocycles. The number of morpholine rings is 1. The smallest absolute Gasteiger partial charge is 0.319 e. The van der Waals surface area contributed by atoms with E-state index in [2.05, 4.69) is 0 Å². The summed E-state index contributed by atoms with van der Waals surface area (Å²) < 4.78 is 10.4. The molecule has 5 heteroatoms. The van der Waals surface area contributed by atoms with Gasteiger partial charge in [0.2, 0.25) is 0 Å². The molecule has 0 aromatic heterocycles. The van der Waals surface area contributed by atoms with Gasteiger partial charge in [-0.2, -0.15) is 0 Å². The number of rotatable bonds is 5. The van der Waals surface area contributed by atoms with Gasteiger partial charge in [-0.3, -0.25) is 14.5 Å². The molecule has 0 aliphatic carbocycles. The van der Waals surface area contributed by atoms with Crippen molar-refractivity contribution in [3.8, 4) is 0 Å². The maximum atomic E-state index is 12.2. The summed E-state index contributed by atoms with van der Waals surface area (Å²) in [5.74, 6) is -0.550. The second-order valence-corrected chi connectivity index (χ2v) is 5.19. The molecule has 0 amide bonds. The molecule has 1 aliphatic rings. The quantitative estimate of drug-likeness (QED) is 0.540. The molecular weight excluding hydrogens is 234 g/mol. The Morgan fingerprint density at radius 3 is 2.67 bits per heavy atom. The average Bonchev–Trinajstić information content (AvgIpc) is 2.29. The molecule has 1 atom stereocenters. The monoisotopic (exact) mass is 257 g/mol. The first kappa shape index (κ1) is 15.1. The first-order valence-corrected chi connectivity index (χ1v) is 6.42. The molecule has 1 saturated heterocycles. The minimum absolute atomic E-state index is 0.102. The Morgan fingerprint density at radius 1 is 1.44 bits per heavy atom. The Balaban J connectivity index is 2.55. The molecule has 0 N–H and O–H groups in total. The third kappa shape index (κ3) is 3.78. The molecule has 1 fully saturated rings. The lowest BCUT2D eigenvalue weighted by atomic mass is 9.87. The Kier molecular flexibility index (Phi) is 5.28. The lowest BCUT2D eigenvalue weighted by Crippen LogP contribution is -2.47. The maximum absolute atomic E-state index is 12.2. The highest BCUT2D eigenvalue weighted by atomic mass is 16.5. The summed E-state index contributed by atoms with van der Waals surface area (Å²) in [5, 5.41) is 0. The van der Waals surface area contributed by atoms with Crippen molar-refractivity contribution in [2.24, 2.45) is 5.41 Å². The highest BCUT2D eigenvalue weighted by Gasteiger charge is 2.38. The molecule has 1 rings (SSSR count). The number of ketones is 1. The van der Waals surface area contributed by atoms with Crippen LogP contribution in [0.4, 0.5) is 0 Å². The fourth-order valence-corrected chi connectivity index (χ4v) is 1.86. The van der Waals surface area contributed by atoms with E-state index in [0.717, 1.165) is 13.1 Å². The fraction of sp³-hybridized carbons (Fsp3) is 0.846. The summed E-state index contributed by atoms with van der Waals surface area (Å²) in [6.45, 7) is 9.63. The highest BCUT2D eigenvalue weighted by Crippen LogP contribution is 2.20. The summed E-state index contributed by atoms with van der Waals surface area (Å²) in [6.07, 6.45) is 0.136. The number of Topliss-reactive ketones (excluding diaryl/α,β-unsaturated/α-hetero) is 1. The van der Waals surface area contributed by atoms with E-state index in [1.54, 1.807) is 20.8 Å². The Hall–Kier alpha value is -0.940. The van der Waals surface area contributed by atoms with Gasteiger partial charge < -0.3 is 9.47 Å². The van der Waals surface area contributed by atoms with Crippen LogP contribution >= 0.6 is 0 Å². The van der Waals surface area contributed by atoms with Gasteiger partial charge in [-0.1, -0.05) is 0 Å². The molecule has 1 aliphatic heterocycles. The average molecular weight is 257 g/mol. The van der Waals surface area contributed by atoms with E-state index in [1.807, 2.05) is 11.8 Å². The van der Waals surface area contributed by atoms with Crippen molar-refractivity contribution in [1.29, 1.82) is 0 Å². The van der Waals surface area contributed by atoms with E-state index in [9.17, 15) is 9.59 Å².